The second-order valence-electron chi connectivity index (χ2n) is 42.2. The van der Waals surface area contributed by atoms with E-state index in [2.05, 4.69) is 305 Å². The number of carbonyl (C=O) groups excluding carboxylic acids is 3. The van der Waals surface area contributed by atoms with Crippen LogP contribution in [0.2, 0.25) is 0 Å². The average Bonchev–Trinajstić information content (AvgIpc) is 1.53. The summed E-state index contributed by atoms with van der Waals surface area (Å²) in [6.45, 7) is 95.6. The molecule has 0 aromatic carbocycles. The monoisotopic (exact) mass is 1400 g/mol. The molecule has 14 heteroatoms. The Balaban J connectivity index is 0.000000600. The predicted molar refractivity (Wildman–Crippen MR) is 431 cm³/mol. The summed E-state index contributed by atoms with van der Waals surface area (Å²) >= 11 is 0. The Labute approximate surface area is 618 Å². The van der Waals surface area contributed by atoms with Gasteiger partial charge in [-0.15, -0.1) is 0 Å². The van der Waals surface area contributed by atoms with E-state index in [0.717, 1.165) is 63.2 Å². The van der Waals surface area contributed by atoms with Crippen LogP contribution in [0.5, 0.6) is 0 Å². The van der Waals surface area contributed by atoms with E-state index >= 15 is 0 Å². The fourth-order valence-corrected chi connectivity index (χ4v) is 13.4. The van der Waals surface area contributed by atoms with Crippen LogP contribution < -0.4 is 16.0 Å². The molecule has 0 bridgehead atoms. The third-order valence-electron chi connectivity index (χ3n) is 19.5. The Morgan fingerprint density at radius 3 is 1.12 bits per heavy atom. The molecule has 0 aromatic heterocycles. The molecule has 6 aliphatic rings. The van der Waals surface area contributed by atoms with Crippen molar-refractivity contribution in [2.75, 3.05) is 127 Å². The largest absolute Gasteiger partial charge is 0.488 e. The number of nitrogens with one attached hydrogen (secondary N) is 3. The maximum atomic E-state index is 11.8. The Morgan fingerprint density at radius 1 is 0.330 bits per heavy atom. The molecule has 0 aliphatic carbocycles. The Kier molecular flexibility index (Phi) is 32.8. The molecule has 0 saturated carbocycles. The van der Waals surface area contributed by atoms with E-state index in [1.54, 1.807) is 26.5 Å². The van der Waals surface area contributed by atoms with Crippen molar-refractivity contribution in [2.24, 2.45) is 65.0 Å². The number of amides is 4. The van der Waals surface area contributed by atoms with Crippen LogP contribution in [0.3, 0.4) is 0 Å². The highest BCUT2D eigenvalue weighted by Crippen LogP contribution is 2.44. The minimum absolute atomic E-state index is 0.0154. The molecule has 0 radical (unpaired) electrons. The van der Waals surface area contributed by atoms with Crippen LogP contribution >= 0.6 is 0 Å². The normalized spacial score (nSPS) is 20.0. The Bertz CT molecular complexity index is 2720. The van der Waals surface area contributed by atoms with E-state index < -0.39 is 0 Å². The van der Waals surface area contributed by atoms with E-state index in [4.69, 9.17) is 9.47 Å². The van der Waals surface area contributed by atoms with Crippen LogP contribution in [0, 0.1) is 65.0 Å². The number of rotatable bonds is 0. The van der Waals surface area contributed by atoms with Crippen LogP contribution in [0.4, 0.5) is 4.79 Å². The molecule has 100 heavy (non-hydrogen) atoms. The molecule has 0 saturated heterocycles. The summed E-state index contributed by atoms with van der Waals surface area (Å²) in [5, 5.41) is 9.73. The van der Waals surface area contributed by atoms with Gasteiger partial charge in [0.15, 0.2) is 12.5 Å². The van der Waals surface area contributed by atoms with Crippen LogP contribution in [-0.4, -0.2) is 175 Å². The molecule has 14 nitrogen and oxygen atoms in total. The third kappa shape index (κ3) is 30.3. The first-order valence-electron chi connectivity index (χ1n) is 37.7. The van der Waals surface area contributed by atoms with Gasteiger partial charge in [0.25, 0.3) is 5.91 Å². The van der Waals surface area contributed by atoms with Gasteiger partial charge >= 0.3 is 6.03 Å². The lowest BCUT2D eigenvalue weighted by Crippen LogP contribution is -2.37. The van der Waals surface area contributed by atoms with E-state index in [1.807, 2.05) is 28.2 Å². The van der Waals surface area contributed by atoms with Gasteiger partial charge in [-0.1, -0.05) is 260 Å². The summed E-state index contributed by atoms with van der Waals surface area (Å²) in [7, 11) is 12.2. The lowest BCUT2D eigenvalue weighted by atomic mass is 9.74. The average molecular weight is 1400 g/mol. The molecule has 0 fully saturated rings. The summed E-state index contributed by atoms with van der Waals surface area (Å²) in [4.78, 5) is 47.9. The Hall–Kier alpha value is -4.53. The van der Waals surface area contributed by atoms with Gasteiger partial charge in [-0.3, -0.25) is 14.5 Å². The number of likely N-dealkylation sites (N-methyl/N-ethyl adjacent to an activating group) is 6. The highest BCUT2D eigenvalue weighted by Gasteiger charge is 2.38. The number of hydrogen-bond acceptors (Lipinski definition) is 10. The molecule has 6 heterocycles. The standard InChI is InChI=1S/C15H27NO.C15H29N.2C14H26N2O.C14H28N2.C14H25NO2/c1-11-16(8)9-12(14(2,3)4)13(10-17-11)15(5,6)7;1-14(2,3)12-9-8-10-16(7)11-13(12)15(4,5)6;1-13(2,3)10-8-16(7)9-11(17)15-12(10)14(4,5)6;1-13(2,3)10-8-15-12(17)16(7)9-11(10)14(4,5)6;1-13(2,3)11-10-16(7)9-8-15-12(11)14(4,5)6;1-13(2,3)10-8-15(7)11(16)9-17-12(10)14(4,5)6/h1,9-10H2,2-8H3;8-11H2,1-7H3;2*8-9H2,1-7H3,(H,15,17);15H,8-10H2,1-7H3;8-9H2,1-7H3. The number of hydrogen-bond donors (Lipinski definition) is 3. The van der Waals surface area contributed by atoms with Gasteiger partial charge in [0, 0.05) is 108 Å². The second kappa shape index (κ2) is 35.0. The van der Waals surface area contributed by atoms with Crippen molar-refractivity contribution >= 4 is 17.8 Å². The topological polar surface area (TPSA) is 125 Å². The van der Waals surface area contributed by atoms with Crippen LogP contribution in [0.25, 0.3) is 0 Å². The number of ether oxygens (including phenoxy) is 2. The van der Waals surface area contributed by atoms with Crippen molar-refractivity contribution < 1.29 is 23.9 Å². The van der Waals surface area contributed by atoms with Gasteiger partial charge in [0.2, 0.25) is 5.91 Å². The molecule has 580 valence electrons. The van der Waals surface area contributed by atoms with Gasteiger partial charge in [-0.25, -0.2) is 4.79 Å². The molecule has 0 spiro atoms. The zero-order chi connectivity index (χ0) is 78.8. The fraction of sp³-hybridized carbons (Fsp3) is 0.802. The number of urea groups is 1. The predicted octanol–water partition coefficient (Wildman–Crippen LogP) is 19.0. The summed E-state index contributed by atoms with van der Waals surface area (Å²) in [5.41, 5.74) is 17.3. The van der Waals surface area contributed by atoms with Crippen LogP contribution in [0.1, 0.15) is 262 Å². The minimum Gasteiger partial charge on any atom is -0.488 e. The number of carbonyl (C=O) groups is 3. The molecule has 0 aromatic rings. The first-order valence-corrected chi connectivity index (χ1v) is 37.7. The zero-order valence-electron chi connectivity index (χ0n) is 73.5. The van der Waals surface area contributed by atoms with Gasteiger partial charge in [0.05, 0.1) is 6.54 Å². The van der Waals surface area contributed by atoms with Crippen molar-refractivity contribution in [1.82, 2.24) is 45.3 Å². The first kappa shape index (κ1) is 93.5. The van der Waals surface area contributed by atoms with Crippen molar-refractivity contribution in [3.8, 4) is 0 Å². The van der Waals surface area contributed by atoms with E-state index in [9.17, 15) is 14.4 Å². The summed E-state index contributed by atoms with van der Waals surface area (Å²) < 4.78 is 11.5. The smallest absolute Gasteiger partial charge is 0.317 e. The molecule has 6 aliphatic heterocycles. The van der Waals surface area contributed by atoms with E-state index in [1.165, 1.54) is 58.5 Å². The van der Waals surface area contributed by atoms with Crippen LogP contribution in [0.15, 0.2) is 79.8 Å². The molecule has 0 atom stereocenters. The molecule has 4 amide bonds. The highest BCUT2D eigenvalue weighted by atomic mass is 16.5. The minimum atomic E-state index is -0.0614. The van der Waals surface area contributed by atoms with Gasteiger partial charge in [0.1, 0.15) is 12.4 Å². The van der Waals surface area contributed by atoms with Crippen molar-refractivity contribution in [3.05, 3.63) is 79.8 Å². The van der Waals surface area contributed by atoms with Gasteiger partial charge in [-0.05, 0) is 135 Å². The lowest BCUT2D eigenvalue weighted by molar-refractivity contribution is -0.132. The van der Waals surface area contributed by atoms with Crippen molar-refractivity contribution in [2.45, 2.75) is 262 Å². The highest BCUT2D eigenvalue weighted by molar-refractivity contribution is 5.81. The number of nitrogens with zero attached hydrogens (tertiary/aromatic N) is 6. The number of allylic oxidation sites excluding steroid dienone is 4. The van der Waals surface area contributed by atoms with E-state index in [0.29, 0.717) is 37.1 Å². The lowest BCUT2D eigenvalue weighted by Gasteiger charge is -2.33. The fourth-order valence-electron chi connectivity index (χ4n) is 13.4. The SMILES string of the molecule is C=C1OCC(C(C)(C)C)=C(C(C)(C)C)CN1C.CN1CC(=O)NC(C(C)(C)C)=C(C(C)(C)C)C1.CN1CC(C(C)(C)C)=C(C(C)(C)C)CNC1=O.CN1CC(C(C)(C)C)=C(C(C)(C)C)OCC1=O.CN1CCCC(C(C)(C)C)=C(C(C)(C)C)C1.CN1CCNC(C(C)(C)C)=C(C(C)(C)C)C1. The quantitative estimate of drug-likeness (QED) is 0.202. The van der Waals surface area contributed by atoms with Crippen molar-refractivity contribution in [3.63, 3.8) is 0 Å². The maximum absolute atomic E-state index is 11.8. The second-order valence-corrected chi connectivity index (χ2v) is 42.2. The molecule has 6 rings (SSSR count). The summed E-state index contributed by atoms with van der Waals surface area (Å²) in [5.74, 6) is 1.89. The first-order chi connectivity index (χ1) is 44.4. The molecular weight excluding hydrogens is 1240 g/mol. The van der Waals surface area contributed by atoms with Crippen molar-refractivity contribution in [1.29, 1.82) is 0 Å². The Morgan fingerprint density at radius 2 is 0.700 bits per heavy atom. The van der Waals surface area contributed by atoms with Gasteiger partial charge < -0.3 is 49.9 Å². The van der Waals surface area contributed by atoms with Crippen LogP contribution in [-0.2, 0) is 19.1 Å². The van der Waals surface area contributed by atoms with E-state index in [-0.39, 0.29) is 78.6 Å². The molecule has 0 unspecified atom stereocenters. The molecule has 3 N–H and O–H groups in total. The van der Waals surface area contributed by atoms with Gasteiger partial charge in [-0.2, -0.15) is 0 Å². The summed E-state index contributed by atoms with van der Waals surface area (Å²) in [6.07, 6.45) is 2.59. The maximum Gasteiger partial charge on any atom is 0.317 e. The molecular formula is C86H161N9O5. The third-order valence-corrected chi connectivity index (χ3v) is 19.5. The summed E-state index contributed by atoms with van der Waals surface area (Å²) in [6, 6.07) is 0.0194. The zero-order valence-corrected chi connectivity index (χ0v) is 73.5.